The Morgan fingerprint density at radius 3 is 1.64 bits per heavy atom. The number of nitrogens with one attached hydrogen (secondary N) is 4. The van der Waals surface area contributed by atoms with Gasteiger partial charge >= 0.3 is 12.1 Å². The summed E-state index contributed by atoms with van der Waals surface area (Å²) in [6.07, 6.45) is 0. The van der Waals surface area contributed by atoms with Crippen molar-refractivity contribution in [3.8, 4) is 17.2 Å². The van der Waals surface area contributed by atoms with Crippen molar-refractivity contribution in [2.24, 2.45) is 0 Å². The number of amides is 4. The average Bonchev–Trinajstić information content (AvgIpc) is 2.98. The normalized spacial score (nSPS) is 10.0. The SMILES string of the molecule is CCOc1ccccc1NC(=O)Nc1ccc([N+](=O)[O-])cc1O.O=C(Nc1ccc([N+](=O)[O-])cc1O)Nc1c(F)cccc1F. The van der Waals surface area contributed by atoms with E-state index in [1.54, 1.807) is 24.3 Å². The number of para-hydroxylation sites is 3. The summed E-state index contributed by atoms with van der Waals surface area (Å²) in [5.41, 5.74) is -0.921. The van der Waals surface area contributed by atoms with E-state index in [4.69, 9.17) is 4.74 Å². The molecule has 0 radical (unpaired) electrons. The second kappa shape index (κ2) is 15.1. The molecule has 0 aromatic heterocycles. The van der Waals surface area contributed by atoms with Crippen LogP contribution in [0.2, 0.25) is 0 Å². The van der Waals surface area contributed by atoms with Crippen molar-refractivity contribution >= 4 is 46.2 Å². The van der Waals surface area contributed by atoms with Gasteiger partial charge < -0.3 is 36.2 Å². The Bertz CT molecular complexity index is 1720. The number of halogens is 2. The van der Waals surface area contributed by atoms with Crippen molar-refractivity contribution in [3.05, 3.63) is 111 Å². The molecule has 4 aromatic carbocycles. The molecular weight excluding hydrogens is 602 g/mol. The lowest BCUT2D eigenvalue weighted by molar-refractivity contribution is -0.385. The lowest BCUT2D eigenvalue weighted by atomic mass is 10.2. The van der Waals surface area contributed by atoms with E-state index in [9.17, 15) is 48.8 Å². The van der Waals surface area contributed by atoms with Gasteiger partial charge in [-0.15, -0.1) is 0 Å². The molecule has 0 fully saturated rings. The van der Waals surface area contributed by atoms with E-state index < -0.39 is 50.7 Å². The third-order valence-electron chi connectivity index (χ3n) is 5.52. The molecule has 0 unspecified atom stereocenters. The summed E-state index contributed by atoms with van der Waals surface area (Å²) >= 11 is 0. The largest absolute Gasteiger partial charge is 0.506 e. The predicted octanol–water partition coefficient (Wildman–Crippen LogP) is 6.57. The van der Waals surface area contributed by atoms with Crippen LogP contribution in [0.3, 0.4) is 0 Å². The summed E-state index contributed by atoms with van der Waals surface area (Å²) in [6.45, 7) is 2.27. The van der Waals surface area contributed by atoms with Gasteiger partial charge in [0.2, 0.25) is 0 Å². The lowest BCUT2D eigenvalue weighted by Gasteiger charge is -2.12. The number of carbonyl (C=O) groups is 2. The minimum absolute atomic E-state index is 0.0574. The molecule has 0 spiro atoms. The van der Waals surface area contributed by atoms with Crippen LogP contribution in [0.15, 0.2) is 78.9 Å². The highest BCUT2D eigenvalue weighted by atomic mass is 19.1. The molecule has 4 aromatic rings. The van der Waals surface area contributed by atoms with Gasteiger partial charge in [-0.1, -0.05) is 18.2 Å². The van der Waals surface area contributed by atoms with Crippen LogP contribution in [0.4, 0.5) is 52.5 Å². The molecular formula is C28H24F2N6O9. The Kier molecular flexibility index (Phi) is 11.1. The molecule has 45 heavy (non-hydrogen) atoms. The first-order valence-corrected chi connectivity index (χ1v) is 12.7. The zero-order valence-electron chi connectivity index (χ0n) is 23.1. The first-order valence-electron chi connectivity index (χ1n) is 12.7. The molecule has 0 bridgehead atoms. The maximum Gasteiger partial charge on any atom is 0.323 e. The van der Waals surface area contributed by atoms with E-state index in [0.717, 1.165) is 42.5 Å². The van der Waals surface area contributed by atoms with Gasteiger partial charge in [0.1, 0.15) is 34.6 Å². The number of urea groups is 2. The highest BCUT2D eigenvalue weighted by molar-refractivity contribution is 6.02. The molecule has 0 aliphatic rings. The van der Waals surface area contributed by atoms with E-state index in [0.29, 0.717) is 18.0 Å². The molecule has 0 saturated carbocycles. The van der Waals surface area contributed by atoms with E-state index in [2.05, 4.69) is 16.0 Å². The number of anilines is 4. The molecule has 6 N–H and O–H groups in total. The van der Waals surface area contributed by atoms with Crippen LogP contribution in [-0.4, -0.2) is 38.7 Å². The monoisotopic (exact) mass is 626 g/mol. The maximum atomic E-state index is 13.4. The van der Waals surface area contributed by atoms with Crippen molar-refractivity contribution in [1.82, 2.24) is 0 Å². The number of nitro groups is 2. The zero-order valence-corrected chi connectivity index (χ0v) is 23.1. The van der Waals surface area contributed by atoms with Gasteiger partial charge in [0.25, 0.3) is 11.4 Å². The predicted molar refractivity (Wildman–Crippen MR) is 159 cm³/mol. The van der Waals surface area contributed by atoms with Crippen LogP contribution >= 0.6 is 0 Å². The zero-order chi connectivity index (χ0) is 33.1. The van der Waals surface area contributed by atoms with E-state index in [1.165, 1.54) is 12.1 Å². The van der Waals surface area contributed by atoms with E-state index >= 15 is 0 Å². The van der Waals surface area contributed by atoms with E-state index in [1.807, 2.05) is 12.2 Å². The number of nitrogens with zero attached hydrogens (tertiary/aromatic N) is 2. The van der Waals surface area contributed by atoms with Crippen molar-refractivity contribution in [2.45, 2.75) is 6.92 Å². The van der Waals surface area contributed by atoms with Gasteiger partial charge in [-0.2, -0.15) is 0 Å². The van der Waals surface area contributed by atoms with E-state index in [-0.39, 0.29) is 22.7 Å². The summed E-state index contributed by atoms with van der Waals surface area (Å²) in [7, 11) is 0. The van der Waals surface area contributed by atoms with Gasteiger partial charge in [-0.25, -0.2) is 18.4 Å². The number of hydrogen-bond acceptors (Lipinski definition) is 9. The molecule has 4 rings (SSSR count). The Hall–Kier alpha value is -6.52. The average molecular weight is 627 g/mol. The smallest absolute Gasteiger partial charge is 0.323 e. The maximum absolute atomic E-state index is 13.4. The molecule has 0 heterocycles. The van der Waals surface area contributed by atoms with Gasteiger partial charge in [0.05, 0.1) is 45.6 Å². The van der Waals surface area contributed by atoms with Gasteiger partial charge in [0, 0.05) is 12.1 Å². The molecule has 0 atom stereocenters. The molecule has 15 nitrogen and oxygen atoms in total. The standard InChI is InChI=1S/C15H15N3O5.C13H9F2N3O4/c1-2-23-14-6-4-3-5-12(14)17-15(20)16-11-8-7-10(18(21)22)9-13(11)19;14-8-2-1-3-9(15)12(8)17-13(20)16-10-5-4-7(18(21)22)6-11(10)19/h3-9,19H,2H2,1H3,(H2,16,17,20);1-6,19H,(H2,16,17,20). The number of nitro benzene ring substituents is 2. The van der Waals surface area contributed by atoms with Crippen LogP contribution in [0.5, 0.6) is 17.2 Å². The van der Waals surface area contributed by atoms with Crippen LogP contribution in [0, 0.1) is 31.9 Å². The molecule has 0 aliphatic carbocycles. The summed E-state index contributed by atoms with van der Waals surface area (Å²) in [5, 5.41) is 49.5. The minimum atomic E-state index is -1.02. The Morgan fingerprint density at radius 2 is 1.18 bits per heavy atom. The number of benzene rings is 4. The van der Waals surface area contributed by atoms with Crippen LogP contribution < -0.4 is 26.0 Å². The van der Waals surface area contributed by atoms with Crippen molar-refractivity contribution in [2.75, 3.05) is 27.9 Å². The van der Waals surface area contributed by atoms with Gasteiger partial charge in [-0.05, 0) is 43.3 Å². The van der Waals surface area contributed by atoms with Crippen molar-refractivity contribution < 1.29 is 43.2 Å². The number of ether oxygens (including phenoxy) is 1. The second-order valence-corrected chi connectivity index (χ2v) is 8.60. The van der Waals surface area contributed by atoms with Crippen LogP contribution in [-0.2, 0) is 0 Å². The molecule has 0 saturated heterocycles. The highest BCUT2D eigenvalue weighted by Gasteiger charge is 2.16. The fourth-order valence-corrected chi connectivity index (χ4v) is 3.49. The summed E-state index contributed by atoms with van der Waals surface area (Å²) < 4.78 is 32.1. The first-order chi connectivity index (χ1) is 21.4. The minimum Gasteiger partial charge on any atom is -0.506 e. The summed E-state index contributed by atoms with van der Waals surface area (Å²) in [5.74, 6) is -2.38. The third-order valence-corrected chi connectivity index (χ3v) is 5.52. The van der Waals surface area contributed by atoms with Crippen LogP contribution in [0.1, 0.15) is 6.92 Å². The molecule has 0 aliphatic heterocycles. The number of phenolic OH excluding ortho intramolecular Hbond substituents is 2. The summed E-state index contributed by atoms with van der Waals surface area (Å²) in [6, 6.07) is 14.7. The third kappa shape index (κ3) is 9.23. The number of aromatic hydroxyl groups is 2. The fraction of sp³-hybridized carbons (Fsp3) is 0.0714. The number of carbonyl (C=O) groups excluding carboxylic acids is 2. The first kappa shape index (κ1) is 33.0. The number of phenols is 2. The van der Waals surface area contributed by atoms with Crippen LogP contribution in [0.25, 0.3) is 0 Å². The Balaban J connectivity index is 0.000000246. The quantitative estimate of drug-likeness (QED) is 0.0707. The Labute approximate surface area is 252 Å². The topological polar surface area (TPSA) is 218 Å². The second-order valence-electron chi connectivity index (χ2n) is 8.60. The van der Waals surface area contributed by atoms with Crippen molar-refractivity contribution in [3.63, 3.8) is 0 Å². The molecule has 4 amide bonds. The van der Waals surface area contributed by atoms with Gasteiger partial charge in [-0.3, -0.25) is 20.2 Å². The van der Waals surface area contributed by atoms with Gasteiger partial charge in [0.15, 0.2) is 0 Å². The number of non-ortho nitro benzene ring substituents is 2. The highest BCUT2D eigenvalue weighted by Crippen LogP contribution is 2.30. The lowest BCUT2D eigenvalue weighted by Crippen LogP contribution is -2.21. The Morgan fingerprint density at radius 1 is 0.711 bits per heavy atom. The number of rotatable bonds is 8. The number of hydrogen-bond donors (Lipinski definition) is 6. The summed E-state index contributed by atoms with van der Waals surface area (Å²) in [4.78, 5) is 43.4. The van der Waals surface area contributed by atoms with Crippen molar-refractivity contribution in [1.29, 1.82) is 0 Å². The molecule has 234 valence electrons. The molecule has 17 heteroatoms. The fourth-order valence-electron chi connectivity index (χ4n) is 3.49.